The molecule has 4 N–H and O–H groups in total. The van der Waals surface area contributed by atoms with Gasteiger partial charge in [-0.3, -0.25) is 19.7 Å². The number of carbonyl (C=O) groups is 3. The number of nitrogens with one attached hydrogen (secondary N) is 1. The largest absolute Gasteiger partial charge is 0.481 e. The lowest BCUT2D eigenvalue weighted by atomic mass is 9.83. The topological polar surface area (TPSA) is 109 Å². The smallest absolute Gasteiger partial charge is 0.305 e. The minimum absolute atomic E-state index is 0.264. The summed E-state index contributed by atoms with van der Waals surface area (Å²) in [5.41, 5.74) is 6.33. The molecule has 21 heavy (non-hydrogen) atoms. The first-order valence-corrected chi connectivity index (χ1v) is 6.55. The third-order valence-corrected chi connectivity index (χ3v) is 2.95. The maximum atomic E-state index is 12.2. The van der Waals surface area contributed by atoms with Crippen molar-refractivity contribution in [3.8, 4) is 0 Å². The number of amides is 2. The van der Waals surface area contributed by atoms with Crippen LogP contribution in [0.25, 0.3) is 0 Å². The van der Waals surface area contributed by atoms with Crippen molar-refractivity contribution in [3.05, 3.63) is 35.4 Å². The van der Waals surface area contributed by atoms with Crippen molar-refractivity contribution in [3.63, 3.8) is 0 Å². The summed E-state index contributed by atoms with van der Waals surface area (Å²) in [7, 11) is 0. The summed E-state index contributed by atoms with van der Waals surface area (Å²) in [6, 6.07) is 5.69. The van der Waals surface area contributed by atoms with E-state index in [9.17, 15) is 14.4 Å². The second-order valence-corrected chi connectivity index (χ2v) is 5.82. The Balaban J connectivity index is 2.91. The van der Waals surface area contributed by atoms with E-state index in [1.165, 1.54) is 0 Å². The summed E-state index contributed by atoms with van der Waals surface area (Å²) in [5.74, 6) is -2.57. The quantitative estimate of drug-likeness (QED) is 0.768. The Morgan fingerprint density at radius 3 is 2.33 bits per heavy atom. The molecule has 0 aliphatic carbocycles. The molecule has 1 atom stereocenters. The van der Waals surface area contributed by atoms with Crippen LogP contribution in [0.5, 0.6) is 0 Å². The molecule has 2 amide bonds. The van der Waals surface area contributed by atoms with Crippen molar-refractivity contribution < 1.29 is 19.5 Å². The molecule has 0 unspecified atom stereocenters. The molecular formula is C15H20N2O4. The Kier molecular flexibility index (Phi) is 5.21. The molecule has 0 aliphatic rings. The van der Waals surface area contributed by atoms with Gasteiger partial charge in [0.2, 0.25) is 5.91 Å². The molecule has 1 aromatic rings. The highest BCUT2D eigenvalue weighted by molar-refractivity contribution is 6.07. The first-order chi connectivity index (χ1) is 9.62. The van der Waals surface area contributed by atoms with Gasteiger partial charge in [0, 0.05) is 5.56 Å². The summed E-state index contributed by atoms with van der Waals surface area (Å²) >= 11 is 0. The van der Waals surface area contributed by atoms with E-state index in [0.717, 1.165) is 5.56 Å². The van der Waals surface area contributed by atoms with Crippen molar-refractivity contribution in [2.24, 2.45) is 5.73 Å². The Labute approximate surface area is 123 Å². The van der Waals surface area contributed by atoms with Crippen LogP contribution in [0.1, 0.15) is 43.1 Å². The van der Waals surface area contributed by atoms with Crippen molar-refractivity contribution >= 4 is 17.8 Å². The van der Waals surface area contributed by atoms with Crippen LogP contribution in [0.3, 0.4) is 0 Å². The van der Waals surface area contributed by atoms with E-state index in [1.807, 2.05) is 32.9 Å². The highest BCUT2D eigenvalue weighted by atomic mass is 16.4. The van der Waals surface area contributed by atoms with Gasteiger partial charge >= 0.3 is 5.97 Å². The number of aliphatic carboxylic acids is 1. The van der Waals surface area contributed by atoms with E-state index in [-0.39, 0.29) is 5.41 Å². The van der Waals surface area contributed by atoms with Crippen LogP contribution in [-0.2, 0) is 15.0 Å². The summed E-state index contributed by atoms with van der Waals surface area (Å²) in [6.45, 7) is 5.87. The fraction of sp³-hybridized carbons (Fsp3) is 0.400. The fourth-order valence-electron chi connectivity index (χ4n) is 1.89. The molecule has 0 aliphatic heterocycles. The predicted octanol–water partition coefficient (Wildman–Crippen LogP) is 1.04. The Morgan fingerprint density at radius 1 is 1.24 bits per heavy atom. The van der Waals surface area contributed by atoms with Crippen LogP contribution in [0.15, 0.2) is 24.3 Å². The summed E-state index contributed by atoms with van der Waals surface area (Å²) in [5, 5.41) is 10.7. The first kappa shape index (κ1) is 16.8. The monoisotopic (exact) mass is 292 g/mol. The predicted molar refractivity (Wildman–Crippen MR) is 77.8 cm³/mol. The van der Waals surface area contributed by atoms with Crippen LogP contribution in [-0.4, -0.2) is 28.9 Å². The van der Waals surface area contributed by atoms with Gasteiger partial charge in [-0.15, -0.1) is 0 Å². The molecule has 0 fully saturated rings. The van der Waals surface area contributed by atoms with E-state index in [2.05, 4.69) is 5.32 Å². The molecule has 114 valence electrons. The van der Waals surface area contributed by atoms with Gasteiger partial charge in [0.05, 0.1) is 12.5 Å². The number of carboxylic acids is 1. The number of benzene rings is 1. The SMILES string of the molecule is CC(C)(C)c1ccccc1C(=O)NC(=O)[C@@H](N)CC(=O)O. The third-order valence-electron chi connectivity index (χ3n) is 2.95. The van der Waals surface area contributed by atoms with Crippen molar-refractivity contribution in [2.45, 2.75) is 38.6 Å². The van der Waals surface area contributed by atoms with Crippen LogP contribution < -0.4 is 11.1 Å². The van der Waals surface area contributed by atoms with Crippen LogP contribution in [0, 0.1) is 0 Å². The summed E-state index contributed by atoms with van der Waals surface area (Å²) < 4.78 is 0. The van der Waals surface area contributed by atoms with E-state index < -0.39 is 30.2 Å². The van der Waals surface area contributed by atoms with Gasteiger partial charge in [-0.05, 0) is 17.0 Å². The highest BCUT2D eigenvalue weighted by Gasteiger charge is 2.24. The second-order valence-electron chi connectivity index (χ2n) is 5.82. The summed E-state index contributed by atoms with van der Waals surface area (Å²) in [4.78, 5) is 34.4. The van der Waals surface area contributed by atoms with Gasteiger partial charge in [0.15, 0.2) is 0 Å². The zero-order valence-electron chi connectivity index (χ0n) is 12.3. The van der Waals surface area contributed by atoms with E-state index in [1.54, 1.807) is 12.1 Å². The maximum absolute atomic E-state index is 12.2. The lowest BCUT2D eigenvalue weighted by Crippen LogP contribution is -2.44. The molecule has 0 saturated carbocycles. The van der Waals surface area contributed by atoms with Gasteiger partial charge in [-0.1, -0.05) is 39.0 Å². The number of hydrogen-bond donors (Lipinski definition) is 3. The molecule has 1 rings (SSSR count). The number of rotatable bonds is 4. The molecule has 6 nitrogen and oxygen atoms in total. The van der Waals surface area contributed by atoms with Crippen LogP contribution in [0.4, 0.5) is 0 Å². The zero-order chi connectivity index (χ0) is 16.2. The van der Waals surface area contributed by atoms with Crippen LogP contribution in [0.2, 0.25) is 0 Å². The van der Waals surface area contributed by atoms with E-state index in [4.69, 9.17) is 10.8 Å². The van der Waals surface area contributed by atoms with Gasteiger partial charge in [-0.25, -0.2) is 0 Å². The Bertz CT molecular complexity index is 561. The Hall–Kier alpha value is -2.21. The molecule has 0 saturated heterocycles. The highest BCUT2D eigenvalue weighted by Crippen LogP contribution is 2.25. The normalized spacial score (nSPS) is 12.6. The molecule has 1 aromatic carbocycles. The fourth-order valence-corrected chi connectivity index (χ4v) is 1.89. The minimum Gasteiger partial charge on any atom is -0.481 e. The number of hydrogen-bond acceptors (Lipinski definition) is 4. The molecule has 6 heteroatoms. The molecule has 0 radical (unpaired) electrons. The average molecular weight is 292 g/mol. The third kappa shape index (κ3) is 4.68. The van der Waals surface area contributed by atoms with Crippen LogP contribution >= 0.6 is 0 Å². The standard InChI is InChI=1S/C15H20N2O4/c1-15(2,3)10-7-5-4-6-9(10)13(20)17-14(21)11(16)8-12(18)19/h4-7,11H,8,16H2,1-3H3,(H,18,19)(H,17,20,21)/t11-/m0/s1. The molecule has 0 spiro atoms. The van der Waals surface area contributed by atoms with Crippen molar-refractivity contribution in [1.29, 1.82) is 0 Å². The first-order valence-electron chi connectivity index (χ1n) is 6.55. The zero-order valence-corrected chi connectivity index (χ0v) is 12.3. The number of nitrogens with two attached hydrogens (primary N) is 1. The average Bonchev–Trinajstić information content (AvgIpc) is 2.36. The van der Waals surface area contributed by atoms with Gasteiger partial charge in [0.25, 0.3) is 5.91 Å². The van der Waals surface area contributed by atoms with E-state index >= 15 is 0 Å². The minimum atomic E-state index is -1.26. The lowest BCUT2D eigenvalue weighted by Gasteiger charge is -2.22. The second kappa shape index (κ2) is 6.49. The lowest BCUT2D eigenvalue weighted by molar-refractivity contribution is -0.139. The van der Waals surface area contributed by atoms with E-state index in [0.29, 0.717) is 5.56 Å². The number of carboxylic acid groups (broad SMARTS) is 1. The van der Waals surface area contributed by atoms with Crippen molar-refractivity contribution in [1.82, 2.24) is 5.32 Å². The van der Waals surface area contributed by atoms with Gasteiger partial charge < -0.3 is 10.8 Å². The molecular weight excluding hydrogens is 272 g/mol. The summed E-state index contributed by atoms with van der Waals surface area (Å²) in [6.07, 6.45) is -0.528. The number of imide groups is 1. The molecule has 0 aromatic heterocycles. The van der Waals surface area contributed by atoms with Crippen molar-refractivity contribution in [2.75, 3.05) is 0 Å². The van der Waals surface area contributed by atoms with Gasteiger partial charge in [-0.2, -0.15) is 0 Å². The molecule has 0 heterocycles. The maximum Gasteiger partial charge on any atom is 0.305 e. The molecule has 0 bridgehead atoms. The Morgan fingerprint density at radius 2 is 1.81 bits per heavy atom. The van der Waals surface area contributed by atoms with Gasteiger partial charge in [0.1, 0.15) is 0 Å². The number of carbonyl (C=O) groups excluding carboxylic acids is 2.